The van der Waals surface area contributed by atoms with E-state index in [-0.39, 0.29) is 11.4 Å². The van der Waals surface area contributed by atoms with Crippen molar-refractivity contribution in [2.75, 3.05) is 11.9 Å². The molecule has 3 aromatic rings. The summed E-state index contributed by atoms with van der Waals surface area (Å²) in [5.74, 6) is -0.257. The van der Waals surface area contributed by atoms with Crippen LogP contribution in [0.5, 0.6) is 0 Å². The SMILES string of the molecule is CC(O)(Cc1ccccc1)CC(C)(CNc1ccc2c(c1)COC2=O)c1ccccc1. The number of cyclic esters (lactones) is 1. The predicted molar refractivity (Wildman–Crippen MR) is 123 cm³/mol. The number of carbonyl (C=O) groups excluding carboxylic acids is 1. The van der Waals surface area contributed by atoms with Gasteiger partial charge in [0.15, 0.2) is 0 Å². The number of ether oxygens (including phenoxy) is 1. The normalized spacial score (nSPS) is 16.7. The van der Waals surface area contributed by atoms with Gasteiger partial charge in [-0.1, -0.05) is 67.6 Å². The zero-order valence-electron chi connectivity index (χ0n) is 18.1. The first-order valence-electron chi connectivity index (χ1n) is 10.7. The van der Waals surface area contributed by atoms with Crippen LogP contribution < -0.4 is 5.32 Å². The highest BCUT2D eigenvalue weighted by Crippen LogP contribution is 2.35. The van der Waals surface area contributed by atoms with Crippen molar-refractivity contribution < 1.29 is 14.6 Å². The van der Waals surface area contributed by atoms with Crippen LogP contribution in [0.15, 0.2) is 78.9 Å². The van der Waals surface area contributed by atoms with E-state index in [4.69, 9.17) is 4.74 Å². The number of benzene rings is 3. The number of nitrogens with one attached hydrogen (secondary N) is 1. The van der Waals surface area contributed by atoms with Gasteiger partial charge in [-0.3, -0.25) is 0 Å². The highest BCUT2D eigenvalue weighted by molar-refractivity contribution is 5.93. The van der Waals surface area contributed by atoms with Crippen LogP contribution in [-0.4, -0.2) is 23.2 Å². The number of carbonyl (C=O) groups is 1. The van der Waals surface area contributed by atoms with Crippen molar-refractivity contribution in [3.63, 3.8) is 0 Å². The van der Waals surface area contributed by atoms with Gasteiger partial charge in [0.2, 0.25) is 0 Å². The number of esters is 1. The van der Waals surface area contributed by atoms with E-state index >= 15 is 0 Å². The summed E-state index contributed by atoms with van der Waals surface area (Å²) in [4.78, 5) is 11.7. The second-order valence-corrected chi connectivity index (χ2v) is 9.06. The van der Waals surface area contributed by atoms with Gasteiger partial charge in [0.05, 0.1) is 11.2 Å². The highest BCUT2D eigenvalue weighted by Gasteiger charge is 2.35. The Labute approximate surface area is 183 Å². The quantitative estimate of drug-likeness (QED) is 0.502. The van der Waals surface area contributed by atoms with Crippen molar-refractivity contribution in [3.05, 3.63) is 101 Å². The highest BCUT2D eigenvalue weighted by atomic mass is 16.5. The van der Waals surface area contributed by atoms with E-state index in [1.807, 2.05) is 61.5 Å². The molecule has 2 atom stereocenters. The number of rotatable bonds is 8. The molecule has 0 bridgehead atoms. The van der Waals surface area contributed by atoms with Crippen LogP contribution >= 0.6 is 0 Å². The second kappa shape index (κ2) is 8.56. The minimum Gasteiger partial charge on any atom is -0.457 e. The van der Waals surface area contributed by atoms with Crippen LogP contribution in [0.4, 0.5) is 5.69 Å². The minimum absolute atomic E-state index is 0.257. The van der Waals surface area contributed by atoms with Crippen molar-refractivity contribution in [1.82, 2.24) is 0 Å². The molecule has 3 aromatic carbocycles. The third-order valence-electron chi connectivity index (χ3n) is 6.04. The van der Waals surface area contributed by atoms with Crippen LogP contribution in [0, 0.1) is 0 Å². The van der Waals surface area contributed by atoms with Crippen LogP contribution in [0.3, 0.4) is 0 Å². The number of fused-ring (bicyclic) bond motifs is 1. The summed E-state index contributed by atoms with van der Waals surface area (Å²) in [6.07, 6.45) is 1.19. The van der Waals surface area contributed by atoms with Gasteiger partial charge in [-0.25, -0.2) is 4.79 Å². The van der Waals surface area contributed by atoms with Crippen LogP contribution in [0.25, 0.3) is 0 Å². The number of aliphatic hydroxyl groups is 1. The first-order valence-corrected chi connectivity index (χ1v) is 10.7. The van der Waals surface area contributed by atoms with Gasteiger partial charge in [0.1, 0.15) is 6.61 Å². The molecule has 0 fully saturated rings. The monoisotopic (exact) mass is 415 g/mol. The molecule has 31 heavy (non-hydrogen) atoms. The number of hydrogen-bond acceptors (Lipinski definition) is 4. The molecule has 0 spiro atoms. The molecule has 4 nitrogen and oxygen atoms in total. The lowest BCUT2D eigenvalue weighted by Crippen LogP contribution is -2.41. The van der Waals surface area contributed by atoms with Gasteiger partial charge in [-0.05, 0) is 42.7 Å². The molecular formula is C27H29NO3. The molecule has 0 aliphatic carbocycles. The molecule has 0 amide bonds. The minimum atomic E-state index is -0.869. The molecule has 0 saturated heterocycles. The summed E-state index contributed by atoms with van der Waals surface area (Å²) in [6, 6.07) is 26.2. The fraction of sp³-hybridized carbons (Fsp3) is 0.296. The molecule has 1 heterocycles. The molecule has 2 N–H and O–H groups in total. The Hall–Kier alpha value is -3.11. The third-order valence-corrected chi connectivity index (χ3v) is 6.04. The zero-order valence-corrected chi connectivity index (χ0v) is 18.1. The lowest BCUT2D eigenvalue weighted by atomic mass is 9.72. The Bertz CT molecular complexity index is 1050. The maximum absolute atomic E-state index is 11.7. The van der Waals surface area contributed by atoms with E-state index in [1.165, 1.54) is 5.56 Å². The Morgan fingerprint density at radius 3 is 2.35 bits per heavy atom. The number of anilines is 1. The van der Waals surface area contributed by atoms with Crippen molar-refractivity contribution >= 4 is 11.7 Å². The van der Waals surface area contributed by atoms with Crippen molar-refractivity contribution in [2.24, 2.45) is 0 Å². The molecular weight excluding hydrogens is 386 g/mol. The van der Waals surface area contributed by atoms with E-state index in [0.717, 1.165) is 16.8 Å². The van der Waals surface area contributed by atoms with Gasteiger partial charge in [0.25, 0.3) is 0 Å². The van der Waals surface area contributed by atoms with E-state index in [0.29, 0.717) is 31.6 Å². The number of hydrogen-bond donors (Lipinski definition) is 2. The van der Waals surface area contributed by atoms with Gasteiger partial charge < -0.3 is 15.2 Å². The van der Waals surface area contributed by atoms with Crippen molar-refractivity contribution in [1.29, 1.82) is 0 Å². The Morgan fingerprint density at radius 2 is 1.65 bits per heavy atom. The molecule has 4 heteroatoms. The predicted octanol–water partition coefficient (Wildman–Crippen LogP) is 5.11. The third kappa shape index (κ3) is 4.97. The fourth-order valence-corrected chi connectivity index (χ4v) is 4.59. The van der Waals surface area contributed by atoms with Gasteiger partial charge in [-0.15, -0.1) is 0 Å². The fourth-order valence-electron chi connectivity index (χ4n) is 4.59. The topological polar surface area (TPSA) is 58.6 Å². The van der Waals surface area contributed by atoms with Gasteiger partial charge in [0, 0.05) is 29.6 Å². The lowest BCUT2D eigenvalue weighted by molar-refractivity contribution is 0.0306. The van der Waals surface area contributed by atoms with Crippen LogP contribution in [-0.2, 0) is 23.2 Å². The molecule has 160 valence electrons. The summed E-state index contributed by atoms with van der Waals surface area (Å²) in [7, 11) is 0. The summed E-state index contributed by atoms with van der Waals surface area (Å²) >= 11 is 0. The largest absolute Gasteiger partial charge is 0.457 e. The molecule has 0 aromatic heterocycles. The summed E-state index contributed by atoms with van der Waals surface area (Å²) in [5, 5.41) is 14.9. The maximum Gasteiger partial charge on any atom is 0.338 e. The van der Waals surface area contributed by atoms with Crippen LogP contribution in [0.1, 0.15) is 47.3 Å². The Morgan fingerprint density at radius 1 is 0.968 bits per heavy atom. The molecule has 0 saturated carbocycles. The maximum atomic E-state index is 11.7. The second-order valence-electron chi connectivity index (χ2n) is 9.06. The molecule has 4 rings (SSSR count). The summed E-state index contributed by atoms with van der Waals surface area (Å²) < 4.78 is 5.12. The molecule has 1 aliphatic rings. The van der Waals surface area contributed by atoms with Crippen molar-refractivity contribution in [3.8, 4) is 0 Å². The van der Waals surface area contributed by atoms with Gasteiger partial charge in [-0.2, -0.15) is 0 Å². The summed E-state index contributed by atoms with van der Waals surface area (Å²) in [5.41, 5.74) is 3.63. The lowest BCUT2D eigenvalue weighted by Gasteiger charge is -2.38. The van der Waals surface area contributed by atoms with E-state index < -0.39 is 5.60 Å². The van der Waals surface area contributed by atoms with Crippen LogP contribution in [0.2, 0.25) is 0 Å². The smallest absolute Gasteiger partial charge is 0.338 e. The Balaban J connectivity index is 1.55. The molecule has 0 radical (unpaired) electrons. The standard InChI is InChI=1S/C27H29NO3/c1-26(22-11-7-4-8-12-22,18-27(2,30)16-20-9-5-3-6-10-20)19-28-23-13-14-24-21(15-23)17-31-25(24)29/h3-15,28,30H,16-19H2,1-2H3. The molecule has 2 unspecified atom stereocenters. The van der Waals surface area contributed by atoms with Crippen molar-refractivity contribution in [2.45, 2.75) is 44.3 Å². The Kier molecular flexibility index (Phi) is 5.84. The van der Waals surface area contributed by atoms with E-state index in [2.05, 4.69) is 36.5 Å². The average molecular weight is 416 g/mol. The average Bonchev–Trinajstić information content (AvgIpc) is 3.13. The zero-order chi connectivity index (χ0) is 21.9. The summed E-state index contributed by atoms with van der Waals surface area (Å²) in [6.45, 7) is 5.08. The first kappa shape index (κ1) is 21.1. The first-order chi connectivity index (χ1) is 14.8. The van der Waals surface area contributed by atoms with E-state index in [1.54, 1.807) is 0 Å². The molecule has 1 aliphatic heterocycles. The van der Waals surface area contributed by atoms with E-state index in [9.17, 15) is 9.90 Å². The van der Waals surface area contributed by atoms with Gasteiger partial charge >= 0.3 is 5.97 Å².